The van der Waals surface area contributed by atoms with E-state index in [-0.39, 0.29) is 29.3 Å². The zero-order valence-electron chi connectivity index (χ0n) is 13.7. The normalized spacial score (nSPS) is 20.2. The van der Waals surface area contributed by atoms with Crippen molar-refractivity contribution in [1.82, 2.24) is 10.2 Å². The number of hydrogen-bond donors (Lipinski definition) is 2. The molecule has 9 heteroatoms. The molecule has 8 nitrogen and oxygen atoms in total. The van der Waals surface area contributed by atoms with Gasteiger partial charge in [0.2, 0.25) is 0 Å². The molecular formula is C17H17FN2O6. The largest absolute Gasteiger partial charge is 0.480 e. The van der Waals surface area contributed by atoms with Crippen LogP contribution < -0.4 is 5.32 Å². The van der Waals surface area contributed by atoms with Gasteiger partial charge in [0.15, 0.2) is 6.04 Å². The van der Waals surface area contributed by atoms with Crippen molar-refractivity contribution in [1.29, 1.82) is 0 Å². The van der Waals surface area contributed by atoms with Crippen molar-refractivity contribution >= 4 is 23.7 Å². The van der Waals surface area contributed by atoms with Crippen LogP contribution >= 0.6 is 0 Å². The summed E-state index contributed by atoms with van der Waals surface area (Å²) in [5.41, 5.74) is 0.209. The van der Waals surface area contributed by atoms with E-state index in [1.807, 2.05) is 5.32 Å². The monoisotopic (exact) mass is 364 g/mol. The molecule has 2 atom stereocenters. The average Bonchev–Trinajstić information content (AvgIpc) is 3.22. The minimum Gasteiger partial charge on any atom is -0.480 e. The minimum absolute atomic E-state index is 0.0245. The van der Waals surface area contributed by atoms with Gasteiger partial charge in [0.25, 0.3) is 17.7 Å². The van der Waals surface area contributed by atoms with Crippen molar-refractivity contribution in [2.75, 3.05) is 19.8 Å². The molecule has 26 heavy (non-hydrogen) atoms. The fourth-order valence-corrected chi connectivity index (χ4v) is 3.00. The molecule has 0 bridgehead atoms. The first-order chi connectivity index (χ1) is 12.4. The Bertz CT molecular complexity index is 775. The number of ether oxygens (including phenoxy) is 1. The second kappa shape index (κ2) is 7.20. The zero-order valence-corrected chi connectivity index (χ0v) is 13.7. The van der Waals surface area contributed by atoms with Gasteiger partial charge in [0.1, 0.15) is 6.67 Å². The number of imide groups is 1. The number of rotatable bonds is 6. The maximum atomic E-state index is 12.6. The van der Waals surface area contributed by atoms with E-state index in [9.17, 15) is 23.6 Å². The molecule has 2 N–H and O–H groups in total. The second-order valence-corrected chi connectivity index (χ2v) is 6.13. The third-order valence-electron chi connectivity index (χ3n) is 4.40. The van der Waals surface area contributed by atoms with Crippen molar-refractivity contribution in [3.8, 4) is 0 Å². The van der Waals surface area contributed by atoms with E-state index >= 15 is 0 Å². The Balaban J connectivity index is 1.78. The molecule has 0 aromatic heterocycles. The van der Waals surface area contributed by atoms with E-state index < -0.39 is 36.4 Å². The van der Waals surface area contributed by atoms with Gasteiger partial charge in [-0.05, 0) is 31.0 Å². The molecule has 2 unspecified atom stereocenters. The summed E-state index contributed by atoms with van der Waals surface area (Å²) in [7, 11) is 0. The van der Waals surface area contributed by atoms with E-state index in [1.54, 1.807) is 0 Å². The van der Waals surface area contributed by atoms with Crippen LogP contribution in [0.15, 0.2) is 18.2 Å². The van der Waals surface area contributed by atoms with Crippen LogP contribution in [0.3, 0.4) is 0 Å². The minimum atomic E-state index is -1.68. The van der Waals surface area contributed by atoms with Crippen molar-refractivity contribution < 1.29 is 33.4 Å². The molecule has 138 valence electrons. The number of nitrogens with one attached hydrogen (secondary N) is 1. The van der Waals surface area contributed by atoms with Gasteiger partial charge < -0.3 is 15.2 Å². The molecule has 1 fully saturated rings. The third-order valence-corrected chi connectivity index (χ3v) is 4.40. The number of carboxylic acids is 1. The molecule has 0 spiro atoms. The van der Waals surface area contributed by atoms with Crippen LogP contribution in [0.5, 0.6) is 0 Å². The van der Waals surface area contributed by atoms with Gasteiger partial charge in [-0.3, -0.25) is 19.3 Å². The van der Waals surface area contributed by atoms with E-state index in [0.29, 0.717) is 6.61 Å². The smallest absolute Gasteiger partial charge is 0.328 e. The van der Waals surface area contributed by atoms with Gasteiger partial charge in [-0.2, -0.15) is 0 Å². The van der Waals surface area contributed by atoms with Crippen LogP contribution in [0.4, 0.5) is 4.39 Å². The van der Waals surface area contributed by atoms with E-state index in [4.69, 9.17) is 9.84 Å². The molecule has 2 heterocycles. The van der Waals surface area contributed by atoms with Crippen LogP contribution in [0.25, 0.3) is 0 Å². The first-order valence-electron chi connectivity index (χ1n) is 8.14. The zero-order chi connectivity index (χ0) is 18.8. The van der Waals surface area contributed by atoms with E-state index in [0.717, 1.165) is 17.7 Å². The average molecular weight is 364 g/mol. The Labute approximate surface area is 147 Å². The molecule has 0 radical (unpaired) electrons. The maximum Gasteiger partial charge on any atom is 0.328 e. The Morgan fingerprint density at radius 1 is 1.31 bits per heavy atom. The Morgan fingerprint density at radius 3 is 2.65 bits per heavy atom. The van der Waals surface area contributed by atoms with Crippen molar-refractivity contribution in [3.05, 3.63) is 34.9 Å². The third kappa shape index (κ3) is 3.30. The molecule has 3 amide bonds. The van der Waals surface area contributed by atoms with Gasteiger partial charge in [-0.25, -0.2) is 9.18 Å². The van der Waals surface area contributed by atoms with E-state index in [2.05, 4.69) is 0 Å². The summed E-state index contributed by atoms with van der Waals surface area (Å²) in [5.74, 6) is -3.33. The number of aliphatic carboxylic acids is 1. The highest BCUT2D eigenvalue weighted by molar-refractivity contribution is 6.22. The topological polar surface area (TPSA) is 113 Å². The molecule has 1 saturated heterocycles. The highest BCUT2D eigenvalue weighted by atomic mass is 19.1. The maximum absolute atomic E-state index is 12.6. The first kappa shape index (κ1) is 18.0. The number of halogens is 1. The summed E-state index contributed by atoms with van der Waals surface area (Å²) in [6, 6.07) is 2.18. The van der Waals surface area contributed by atoms with Crippen LogP contribution in [0.1, 0.15) is 43.9 Å². The number of benzene rings is 1. The molecular weight excluding hydrogens is 347 g/mol. The standard InChI is InChI=1S/C17H17FN2O6/c18-7-13(17(24)25)19-14(21)9-3-4-11-12(6-9)16(23)20(15(11)22)8-10-2-1-5-26-10/h3-4,6,10,13H,1-2,5,7-8H2,(H,19,21)(H,24,25). The van der Waals surface area contributed by atoms with Gasteiger partial charge in [0.05, 0.1) is 23.8 Å². The number of amides is 3. The fourth-order valence-electron chi connectivity index (χ4n) is 3.00. The lowest BCUT2D eigenvalue weighted by molar-refractivity contribution is -0.139. The number of hydrogen-bond acceptors (Lipinski definition) is 5. The summed E-state index contributed by atoms with van der Waals surface area (Å²) in [5, 5.41) is 10.8. The van der Waals surface area contributed by atoms with Gasteiger partial charge in [-0.1, -0.05) is 0 Å². The van der Waals surface area contributed by atoms with Crippen molar-refractivity contribution in [2.24, 2.45) is 0 Å². The lowest BCUT2D eigenvalue weighted by Crippen LogP contribution is -2.42. The first-order valence-corrected chi connectivity index (χ1v) is 8.14. The van der Waals surface area contributed by atoms with E-state index in [1.165, 1.54) is 18.2 Å². The van der Waals surface area contributed by atoms with Crippen LogP contribution in [-0.4, -0.2) is 65.7 Å². The molecule has 1 aromatic carbocycles. The van der Waals surface area contributed by atoms with Crippen LogP contribution in [0.2, 0.25) is 0 Å². The number of carbonyl (C=O) groups is 4. The Hall–Kier alpha value is -2.81. The number of carboxylic acid groups (broad SMARTS) is 1. The highest BCUT2D eigenvalue weighted by Gasteiger charge is 2.38. The number of fused-ring (bicyclic) bond motifs is 1. The fraction of sp³-hybridized carbons (Fsp3) is 0.412. The number of nitrogens with zero attached hydrogens (tertiary/aromatic N) is 1. The summed E-state index contributed by atoms with van der Waals surface area (Å²) in [6.45, 7) is -0.521. The van der Waals surface area contributed by atoms with Crippen LogP contribution in [0, 0.1) is 0 Å². The quantitative estimate of drug-likeness (QED) is 0.716. The molecule has 2 aliphatic heterocycles. The Morgan fingerprint density at radius 2 is 2.04 bits per heavy atom. The SMILES string of the molecule is O=C(NC(CF)C(=O)O)c1ccc2c(c1)C(=O)N(CC1CCCO1)C2=O. The molecule has 1 aromatic rings. The van der Waals surface area contributed by atoms with Gasteiger partial charge >= 0.3 is 5.97 Å². The molecule has 0 aliphatic carbocycles. The number of alkyl halides is 1. The molecule has 2 aliphatic rings. The summed E-state index contributed by atoms with van der Waals surface area (Å²) in [4.78, 5) is 48.9. The van der Waals surface area contributed by atoms with Crippen molar-refractivity contribution in [2.45, 2.75) is 25.0 Å². The molecule has 3 rings (SSSR count). The lowest BCUT2D eigenvalue weighted by atomic mass is 10.1. The van der Waals surface area contributed by atoms with Crippen LogP contribution in [-0.2, 0) is 9.53 Å². The molecule has 0 saturated carbocycles. The summed E-state index contributed by atoms with van der Waals surface area (Å²) >= 11 is 0. The Kier molecular flexibility index (Phi) is 4.99. The predicted molar refractivity (Wildman–Crippen MR) is 85.6 cm³/mol. The number of carbonyl (C=O) groups excluding carboxylic acids is 3. The van der Waals surface area contributed by atoms with Gasteiger partial charge in [-0.15, -0.1) is 0 Å². The van der Waals surface area contributed by atoms with Gasteiger partial charge in [0, 0.05) is 12.2 Å². The van der Waals surface area contributed by atoms with Crippen molar-refractivity contribution in [3.63, 3.8) is 0 Å². The predicted octanol–water partition coefficient (Wildman–Crippen LogP) is 0.614. The summed E-state index contributed by atoms with van der Waals surface area (Å²) < 4.78 is 18.1. The highest BCUT2D eigenvalue weighted by Crippen LogP contribution is 2.26. The second-order valence-electron chi connectivity index (χ2n) is 6.13. The summed E-state index contributed by atoms with van der Waals surface area (Å²) in [6.07, 6.45) is 1.44. The lowest BCUT2D eigenvalue weighted by Gasteiger charge is -2.17.